The maximum absolute atomic E-state index is 10.6. The van der Waals surface area contributed by atoms with Gasteiger partial charge in [0, 0.05) is 13.1 Å². The van der Waals surface area contributed by atoms with E-state index in [-0.39, 0.29) is 6.42 Å². The average Bonchev–Trinajstić information content (AvgIpc) is 2.49. The molecule has 0 aliphatic carbocycles. The van der Waals surface area contributed by atoms with Gasteiger partial charge in [-0.2, -0.15) is 0 Å². The number of carboxylic acids is 1. The van der Waals surface area contributed by atoms with Gasteiger partial charge in [0.05, 0.1) is 24.5 Å². The first-order valence-corrected chi connectivity index (χ1v) is 10.4. The lowest BCUT2D eigenvalue weighted by Gasteiger charge is -2.11. The first-order chi connectivity index (χ1) is 11.7. The summed E-state index contributed by atoms with van der Waals surface area (Å²) in [6, 6.07) is 5.54. The number of ether oxygens (including phenoxy) is 1. The largest absolute Gasteiger partial charge is 0.493 e. The van der Waals surface area contributed by atoms with Gasteiger partial charge in [-0.1, -0.05) is 26.0 Å². The molecule has 0 spiro atoms. The highest BCUT2D eigenvalue weighted by Gasteiger charge is 2.13. The van der Waals surface area contributed by atoms with Crippen LogP contribution < -0.4 is 10.1 Å². The van der Waals surface area contributed by atoms with E-state index in [9.17, 15) is 13.2 Å². The van der Waals surface area contributed by atoms with Crippen LogP contribution in [0.4, 0.5) is 0 Å². The summed E-state index contributed by atoms with van der Waals surface area (Å²) in [5.41, 5.74) is 1.80. The fraction of sp³-hybridized carbons (Fsp3) is 0.611. The van der Waals surface area contributed by atoms with E-state index in [0.29, 0.717) is 37.1 Å². The zero-order valence-electron chi connectivity index (χ0n) is 15.2. The summed E-state index contributed by atoms with van der Waals surface area (Å²) in [5, 5.41) is 11.7. The molecule has 1 heterocycles. The van der Waals surface area contributed by atoms with Gasteiger partial charge in [-0.15, -0.1) is 0 Å². The SMILES string of the molecule is Cc1cc(CC(=O)O)ccc1OCCC(C)C.O=S1(=O)CCNCC1. The topological polar surface area (TPSA) is 92.7 Å². The summed E-state index contributed by atoms with van der Waals surface area (Å²) >= 11 is 0. The number of nitrogens with one attached hydrogen (secondary N) is 1. The Morgan fingerprint density at radius 3 is 2.36 bits per heavy atom. The second-order valence-corrected chi connectivity index (χ2v) is 8.91. The number of aryl methyl sites for hydroxylation is 1. The third-order valence-electron chi connectivity index (χ3n) is 3.73. The molecule has 0 amide bonds. The molecule has 1 aliphatic heterocycles. The van der Waals surface area contributed by atoms with Gasteiger partial charge in [0.2, 0.25) is 0 Å². The second kappa shape index (κ2) is 10.4. The van der Waals surface area contributed by atoms with Crippen molar-refractivity contribution in [3.63, 3.8) is 0 Å². The van der Waals surface area contributed by atoms with Gasteiger partial charge in [0.15, 0.2) is 9.84 Å². The first-order valence-electron chi connectivity index (χ1n) is 8.55. The van der Waals surface area contributed by atoms with Crippen LogP contribution in [0.15, 0.2) is 18.2 Å². The molecule has 0 saturated carbocycles. The highest BCUT2D eigenvalue weighted by atomic mass is 32.2. The molecule has 1 aromatic rings. The number of carboxylic acid groups (broad SMARTS) is 1. The summed E-state index contributed by atoms with van der Waals surface area (Å²) in [7, 11) is -2.65. The molecule has 0 radical (unpaired) electrons. The Hall–Kier alpha value is -1.60. The number of hydrogen-bond donors (Lipinski definition) is 2. The minimum atomic E-state index is -2.65. The maximum atomic E-state index is 10.6. The number of benzene rings is 1. The van der Waals surface area contributed by atoms with Crippen molar-refractivity contribution in [2.45, 2.75) is 33.6 Å². The Morgan fingerprint density at radius 1 is 1.28 bits per heavy atom. The molecule has 1 aliphatic rings. The standard InChI is InChI=1S/C14H20O3.C4H9NO2S/c1-10(2)6-7-17-13-5-4-12(8-11(13)3)9-14(15)16;6-8(7)3-1-5-2-4-8/h4-5,8,10H,6-7,9H2,1-3H3,(H,15,16);5H,1-4H2. The van der Waals surface area contributed by atoms with Crippen molar-refractivity contribution in [3.05, 3.63) is 29.3 Å². The van der Waals surface area contributed by atoms with Crippen molar-refractivity contribution in [1.82, 2.24) is 5.32 Å². The van der Waals surface area contributed by atoms with Gasteiger partial charge in [0.1, 0.15) is 5.75 Å². The number of rotatable bonds is 6. The van der Waals surface area contributed by atoms with E-state index in [1.165, 1.54) is 0 Å². The van der Waals surface area contributed by atoms with Crippen LogP contribution in [0.25, 0.3) is 0 Å². The quantitative estimate of drug-likeness (QED) is 0.795. The third kappa shape index (κ3) is 9.45. The molecule has 1 saturated heterocycles. The highest BCUT2D eigenvalue weighted by Crippen LogP contribution is 2.20. The van der Waals surface area contributed by atoms with E-state index in [1.807, 2.05) is 25.1 Å². The molecule has 0 unspecified atom stereocenters. The summed E-state index contributed by atoms with van der Waals surface area (Å²) < 4.78 is 26.9. The van der Waals surface area contributed by atoms with E-state index in [1.54, 1.807) is 0 Å². The van der Waals surface area contributed by atoms with Gasteiger partial charge in [0.25, 0.3) is 0 Å². The second-order valence-electron chi connectivity index (χ2n) is 6.60. The first kappa shape index (κ1) is 21.4. The molecule has 0 aromatic heterocycles. The smallest absolute Gasteiger partial charge is 0.307 e. The van der Waals surface area contributed by atoms with Gasteiger partial charge in [-0.25, -0.2) is 8.42 Å². The van der Waals surface area contributed by atoms with Crippen molar-refractivity contribution < 1.29 is 23.1 Å². The predicted octanol–water partition coefficient (Wildman–Crippen LogP) is 2.05. The molecule has 7 heteroatoms. The van der Waals surface area contributed by atoms with Gasteiger partial charge in [-0.05, 0) is 36.5 Å². The van der Waals surface area contributed by atoms with Crippen LogP contribution in [-0.2, 0) is 21.1 Å². The Morgan fingerprint density at radius 2 is 1.92 bits per heavy atom. The predicted molar refractivity (Wildman–Crippen MR) is 99.0 cm³/mol. The summed E-state index contributed by atoms with van der Waals surface area (Å²) in [5.74, 6) is 1.29. The molecular weight excluding hydrogens is 342 g/mol. The fourth-order valence-corrected chi connectivity index (χ4v) is 3.36. The number of sulfone groups is 1. The van der Waals surface area contributed by atoms with Crippen molar-refractivity contribution in [1.29, 1.82) is 0 Å². The normalized spacial score (nSPS) is 16.0. The molecule has 2 N–H and O–H groups in total. The maximum Gasteiger partial charge on any atom is 0.307 e. The van der Waals surface area contributed by atoms with Crippen molar-refractivity contribution in [3.8, 4) is 5.75 Å². The molecule has 0 atom stereocenters. The number of aliphatic carboxylic acids is 1. The van der Waals surface area contributed by atoms with Crippen LogP contribution in [0, 0.1) is 12.8 Å². The zero-order chi connectivity index (χ0) is 18.9. The van der Waals surface area contributed by atoms with Crippen LogP contribution in [0.5, 0.6) is 5.75 Å². The van der Waals surface area contributed by atoms with E-state index in [2.05, 4.69) is 19.2 Å². The Balaban J connectivity index is 0.000000324. The lowest BCUT2D eigenvalue weighted by molar-refractivity contribution is -0.136. The molecule has 1 aromatic carbocycles. The van der Waals surface area contributed by atoms with Crippen LogP contribution >= 0.6 is 0 Å². The minimum absolute atomic E-state index is 0.0626. The monoisotopic (exact) mass is 371 g/mol. The van der Waals surface area contributed by atoms with E-state index >= 15 is 0 Å². The van der Waals surface area contributed by atoms with E-state index < -0.39 is 15.8 Å². The summed E-state index contributed by atoms with van der Waals surface area (Å²) in [6.07, 6.45) is 1.09. The van der Waals surface area contributed by atoms with E-state index in [0.717, 1.165) is 23.3 Å². The Kier molecular flexibility index (Phi) is 8.92. The minimum Gasteiger partial charge on any atom is -0.493 e. The third-order valence-corrected chi connectivity index (χ3v) is 5.38. The molecule has 1 fully saturated rings. The van der Waals surface area contributed by atoms with Crippen LogP contribution in [0.1, 0.15) is 31.4 Å². The van der Waals surface area contributed by atoms with Crippen LogP contribution in [0.2, 0.25) is 0 Å². The molecule has 6 nitrogen and oxygen atoms in total. The lowest BCUT2D eigenvalue weighted by Crippen LogP contribution is -2.35. The van der Waals surface area contributed by atoms with Crippen LogP contribution in [-0.4, -0.2) is 50.7 Å². The zero-order valence-corrected chi connectivity index (χ0v) is 16.1. The lowest BCUT2D eigenvalue weighted by atomic mass is 10.1. The van der Waals surface area contributed by atoms with E-state index in [4.69, 9.17) is 9.84 Å². The molecular formula is C18H29NO5S. The molecule has 2 rings (SSSR count). The fourth-order valence-electron chi connectivity index (χ4n) is 2.25. The average molecular weight is 371 g/mol. The van der Waals surface area contributed by atoms with Crippen molar-refractivity contribution >= 4 is 15.8 Å². The Bertz CT molecular complexity index is 643. The molecule has 0 bridgehead atoms. The Labute approximate surface area is 150 Å². The highest BCUT2D eigenvalue weighted by molar-refractivity contribution is 7.91. The summed E-state index contributed by atoms with van der Waals surface area (Å²) in [6.45, 7) is 8.22. The summed E-state index contributed by atoms with van der Waals surface area (Å²) in [4.78, 5) is 10.6. The number of hydrogen-bond acceptors (Lipinski definition) is 5. The van der Waals surface area contributed by atoms with Gasteiger partial charge < -0.3 is 15.2 Å². The van der Waals surface area contributed by atoms with Crippen LogP contribution in [0.3, 0.4) is 0 Å². The van der Waals surface area contributed by atoms with Gasteiger partial charge in [-0.3, -0.25) is 4.79 Å². The molecule has 142 valence electrons. The van der Waals surface area contributed by atoms with Gasteiger partial charge >= 0.3 is 5.97 Å². The van der Waals surface area contributed by atoms with Crippen molar-refractivity contribution in [2.24, 2.45) is 5.92 Å². The molecule has 25 heavy (non-hydrogen) atoms. The van der Waals surface area contributed by atoms with Crippen molar-refractivity contribution in [2.75, 3.05) is 31.2 Å². The number of carbonyl (C=O) groups is 1.